The maximum atomic E-state index is 12.6. The summed E-state index contributed by atoms with van der Waals surface area (Å²) in [5.41, 5.74) is 12.5. The Bertz CT molecular complexity index is 1390. The number of nitrogens with two attached hydrogens (primary N) is 2. The van der Waals surface area contributed by atoms with Crippen LogP contribution in [0.1, 0.15) is 17.5 Å². The highest BCUT2D eigenvalue weighted by molar-refractivity contribution is 7.90. The summed E-state index contributed by atoms with van der Waals surface area (Å²) in [6.45, 7) is 3.16. The normalized spacial score (nSPS) is 12.3. The lowest BCUT2D eigenvalue weighted by molar-refractivity contribution is -0.114. The number of aromatic nitrogens is 2. The lowest BCUT2D eigenvalue weighted by Gasteiger charge is -2.08. The van der Waals surface area contributed by atoms with Crippen molar-refractivity contribution in [1.29, 1.82) is 0 Å². The van der Waals surface area contributed by atoms with Crippen LogP contribution in [-0.4, -0.2) is 36.4 Å². The number of benzene rings is 2. The molecule has 0 radical (unpaired) electrons. The van der Waals surface area contributed by atoms with Gasteiger partial charge in [-0.3, -0.25) is 10.1 Å². The van der Waals surface area contributed by atoms with Crippen LogP contribution in [0.3, 0.4) is 0 Å². The highest BCUT2D eigenvalue weighted by Crippen LogP contribution is 2.22. The lowest BCUT2D eigenvalue weighted by atomic mass is 10.2. The van der Waals surface area contributed by atoms with Crippen LogP contribution in [0.15, 0.2) is 56.8 Å². The molecule has 35 heavy (non-hydrogen) atoms. The number of guanidine groups is 2. The molecule has 0 bridgehead atoms. The molecule has 184 valence electrons. The van der Waals surface area contributed by atoms with Gasteiger partial charge in [-0.1, -0.05) is 22.9 Å². The first kappa shape index (κ1) is 25.9. The van der Waals surface area contributed by atoms with Gasteiger partial charge in [0.1, 0.15) is 12.4 Å². The number of aryl methyl sites for hydroxylation is 1. The van der Waals surface area contributed by atoms with Gasteiger partial charge < -0.3 is 21.5 Å². The van der Waals surface area contributed by atoms with E-state index in [2.05, 4.69) is 30.2 Å². The number of hydrogen-bond acceptors (Lipinski definition) is 8. The molecule has 3 rings (SSSR count). The SMILES string of the molecule is CC(=O)Nc1ccc(S(=O)(=O)/N=C(/N)N/C(N)=N/c2nnc(COc3ccc(Cl)cc3)s2)cc1C. The molecule has 12 nitrogen and oxygen atoms in total. The van der Waals surface area contributed by atoms with E-state index in [4.69, 9.17) is 27.8 Å². The van der Waals surface area contributed by atoms with Crippen molar-refractivity contribution in [2.45, 2.75) is 25.3 Å². The largest absolute Gasteiger partial charge is 0.486 e. The Morgan fingerprint density at radius 3 is 2.51 bits per heavy atom. The fraction of sp³-hybridized carbons (Fsp3) is 0.150. The van der Waals surface area contributed by atoms with E-state index in [1.165, 1.54) is 25.1 Å². The van der Waals surface area contributed by atoms with Gasteiger partial charge in [0.15, 0.2) is 5.01 Å². The standard InChI is InChI=1S/C20H21ClN8O4S2/c1-11-9-15(7-8-16(11)24-12(2)30)35(31,32)29-19(23)25-18(22)26-20-28-27-17(34-20)10-33-14-5-3-13(21)4-6-14/h3-9H,10H2,1-2H3,(H,24,30)(H5,22,23,25,26,28,29). The zero-order chi connectivity index (χ0) is 25.6. The Balaban J connectivity index is 1.63. The molecule has 0 aliphatic heterocycles. The van der Waals surface area contributed by atoms with Crippen molar-refractivity contribution in [2.75, 3.05) is 5.32 Å². The summed E-state index contributed by atoms with van der Waals surface area (Å²) >= 11 is 6.96. The molecule has 0 atom stereocenters. The first-order valence-electron chi connectivity index (χ1n) is 9.82. The van der Waals surface area contributed by atoms with E-state index in [9.17, 15) is 13.2 Å². The topological polar surface area (TPSA) is 187 Å². The second-order valence-electron chi connectivity index (χ2n) is 6.95. The Labute approximate surface area is 210 Å². The number of nitrogens with zero attached hydrogens (tertiary/aromatic N) is 4. The predicted molar refractivity (Wildman–Crippen MR) is 134 cm³/mol. The van der Waals surface area contributed by atoms with Crippen molar-refractivity contribution in [3.05, 3.63) is 58.1 Å². The monoisotopic (exact) mass is 536 g/mol. The molecule has 0 aliphatic carbocycles. The number of halogens is 1. The quantitative estimate of drug-likeness (QED) is 0.259. The van der Waals surface area contributed by atoms with Crippen molar-refractivity contribution >= 4 is 61.6 Å². The van der Waals surface area contributed by atoms with E-state index in [-0.39, 0.29) is 28.5 Å². The van der Waals surface area contributed by atoms with Crippen LogP contribution in [0.4, 0.5) is 10.8 Å². The number of hydrogen-bond donors (Lipinski definition) is 4. The van der Waals surface area contributed by atoms with Crippen LogP contribution in [0.25, 0.3) is 0 Å². The molecule has 0 saturated heterocycles. The molecule has 2 aromatic carbocycles. The first-order chi connectivity index (χ1) is 16.5. The zero-order valence-corrected chi connectivity index (χ0v) is 20.9. The van der Waals surface area contributed by atoms with E-state index in [0.717, 1.165) is 11.3 Å². The molecule has 3 aromatic rings. The van der Waals surface area contributed by atoms with Gasteiger partial charge in [-0.05, 0) is 55.0 Å². The number of rotatable bonds is 7. The molecular weight excluding hydrogens is 516 g/mol. The predicted octanol–water partition coefficient (Wildman–Crippen LogP) is 2.28. The third kappa shape index (κ3) is 7.63. The number of ether oxygens (including phenoxy) is 1. The van der Waals surface area contributed by atoms with E-state index >= 15 is 0 Å². The Hall–Kier alpha value is -3.75. The number of anilines is 1. The second kappa shape index (κ2) is 11.1. The van der Waals surface area contributed by atoms with Crippen molar-refractivity contribution in [3.63, 3.8) is 0 Å². The number of amides is 1. The maximum Gasteiger partial charge on any atom is 0.285 e. The highest BCUT2D eigenvalue weighted by Gasteiger charge is 2.16. The van der Waals surface area contributed by atoms with E-state index in [1.54, 1.807) is 31.2 Å². The van der Waals surface area contributed by atoms with Gasteiger partial charge in [-0.25, -0.2) is 0 Å². The Morgan fingerprint density at radius 1 is 1.14 bits per heavy atom. The van der Waals surface area contributed by atoms with Gasteiger partial charge in [-0.2, -0.15) is 13.4 Å². The third-order valence-corrected chi connectivity index (χ3v) is 6.46. The Morgan fingerprint density at radius 2 is 1.86 bits per heavy atom. The summed E-state index contributed by atoms with van der Waals surface area (Å²) in [4.78, 5) is 15.1. The number of carbonyl (C=O) groups is 1. The number of aliphatic imine (C=N–C) groups is 1. The van der Waals surface area contributed by atoms with Crippen LogP contribution in [-0.2, 0) is 21.4 Å². The summed E-state index contributed by atoms with van der Waals surface area (Å²) in [6.07, 6.45) is 0. The number of nitrogens with one attached hydrogen (secondary N) is 2. The molecule has 6 N–H and O–H groups in total. The minimum Gasteiger partial charge on any atom is -0.486 e. The fourth-order valence-electron chi connectivity index (χ4n) is 2.62. The molecule has 15 heteroatoms. The summed E-state index contributed by atoms with van der Waals surface area (Å²) in [7, 11) is -4.15. The molecule has 1 heterocycles. The highest BCUT2D eigenvalue weighted by atomic mass is 35.5. The second-order valence-corrected chi connectivity index (χ2v) is 10.0. The summed E-state index contributed by atoms with van der Waals surface area (Å²) in [5, 5.41) is 14.2. The van der Waals surface area contributed by atoms with Gasteiger partial charge in [-0.15, -0.1) is 14.6 Å². The summed E-state index contributed by atoms with van der Waals surface area (Å²) in [6, 6.07) is 11.0. The maximum absolute atomic E-state index is 12.6. The molecule has 0 unspecified atom stereocenters. The average molecular weight is 537 g/mol. The summed E-state index contributed by atoms with van der Waals surface area (Å²) < 4.78 is 34.2. The minimum absolute atomic E-state index is 0.112. The van der Waals surface area contributed by atoms with Crippen molar-refractivity contribution in [3.8, 4) is 5.75 Å². The first-order valence-corrected chi connectivity index (χ1v) is 12.5. The smallest absolute Gasteiger partial charge is 0.285 e. The van der Waals surface area contributed by atoms with Crippen LogP contribution in [0, 0.1) is 6.92 Å². The zero-order valence-electron chi connectivity index (χ0n) is 18.5. The van der Waals surface area contributed by atoms with E-state index < -0.39 is 16.0 Å². The summed E-state index contributed by atoms with van der Waals surface area (Å²) in [5.74, 6) is -0.395. The molecule has 0 saturated carbocycles. The van der Waals surface area contributed by atoms with Gasteiger partial charge in [0.2, 0.25) is 23.0 Å². The molecular formula is C20H21ClN8O4S2. The minimum atomic E-state index is -4.15. The fourth-order valence-corrected chi connectivity index (χ4v) is 4.36. The van der Waals surface area contributed by atoms with E-state index in [0.29, 0.717) is 27.0 Å². The van der Waals surface area contributed by atoms with Crippen LogP contribution in [0.2, 0.25) is 5.02 Å². The van der Waals surface area contributed by atoms with Gasteiger partial charge in [0, 0.05) is 17.6 Å². The van der Waals surface area contributed by atoms with Crippen LogP contribution >= 0.6 is 22.9 Å². The van der Waals surface area contributed by atoms with Gasteiger partial charge >= 0.3 is 0 Å². The number of carbonyl (C=O) groups excluding carboxylic acids is 1. The molecule has 0 fully saturated rings. The van der Waals surface area contributed by atoms with Crippen molar-refractivity contribution in [2.24, 2.45) is 20.9 Å². The molecule has 1 amide bonds. The van der Waals surface area contributed by atoms with Crippen LogP contribution < -0.4 is 26.8 Å². The van der Waals surface area contributed by atoms with Crippen molar-refractivity contribution < 1.29 is 17.9 Å². The van der Waals surface area contributed by atoms with Gasteiger partial charge in [0.05, 0.1) is 4.90 Å². The van der Waals surface area contributed by atoms with E-state index in [1.807, 2.05) is 0 Å². The molecule has 0 aliphatic rings. The van der Waals surface area contributed by atoms with Crippen LogP contribution in [0.5, 0.6) is 5.75 Å². The average Bonchev–Trinajstić information content (AvgIpc) is 3.21. The molecule has 0 spiro atoms. The van der Waals surface area contributed by atoms with Gasteiger partial charge in [0.25, 0.3) is 10.0 Å². The Kier molecular flexibility index (Phi) is 8.22. The number of sulfonamides is 1. The molecule has 1 aromatic heterocycles. The third-order valence-electron chi connectivity index (χ3n) is 4.13. The lowest BCUT2D eigenvalue weighted by Crippen LogP contribution is -2.41. The van der Waals surface area contributed by atoms with Crippen molar-refractivity contribution in [1.82, 2.24) is 15.5 Å².